The molecule has 0 aromatic rings. The van der Waals surface area contributed by atoms with E-state index in [0.29, 0.717) is 13.0 Å². The highest BCUT2D eigenvalue weighted by Gasteiger charge is 1.99. The van der Waals surface area contributed by atoms with Crippen LogP contribution in [0.15, 0.2) is 0 Å². The summed E-state index contributed by atoms with van der Waals surface area (Å²) in [6.45, 7) is 7.27. The van der Waals surface area contributed by atoms with Crippen LogP contribution in [0, 0.1) is 5.92 Å². The van der Waals surface area contributed by atoms with Gasteiger partial charge in [-0.2, -0.15) is 0 Å². The molecule has 0 aromatic carbocycles. The van der Waals surface area contributed by atoms with Crippen molar-refractivity contribution in [2.24, 2.45) is 5.92 Å². The molecule has 0 heterocycles. The van der Waals surface area contributed by atoms with Gasteiger partial charge in [0.1, 0.15) is 0 Å². The first-order chi connectivity index (χ1) is 9.16. The van der Waals surface area contributed by atoms with Crippen LogP contribution in [-0.2, 0) is 4.74 Å². The second-order valence-corrected chi connectivity index (χ2v) is 6.10. The normalized spacial score (nSPS) is 13.1. The molecule has 0 aromatic heterocycles. The monoisotopic (exact) mass is 272 g/mol. The molecular weight excluding hydrogens is 236 g/mol. The second kappa shape index (κ2) is 14.3. The molecular formula is C17H36O2. The first-order valence-corrected chi connectivity index (χ1v) is 8.46. The topological polar surface area (TPSA) is 29.5 Å². The van der Waals surface area contributed by atoms with Gasteiger partial charge in [-0.1, -0.05) is 78.6 Å². The molecule has 0 fully saturated rings. The number of rotatable bonds is 14. The molecule has 2 heteroatoms. The molecule has 0 saturated heterocycles. The third-order valence-electron chi connectivity index (χ3n) is 3.59. The second-order valence-electron chi connectivity index (χ2n) is 6.10. The summed E-state index contributed by atoms with van der Waals surface area (Å²) in [5.74, 6) is 0.869. The SMILES string of the molecule is CCC(O)OCCCCCCCCCCCC(C)C. The Morgan fingerprint density at radius 1 is 0.789 bits per heavy atom. The molecule has 1 N–H and O–H groups in total. The quantitative estimate of drug-likeness (QED) is 0.344. The summed E-state index contributed by atoms with van der Waals surface area (Å²) in [7, 11) is 0. The predicted molar refractivity (Wildman–Crippen MR) is 83.3 cm³/mol. The van der Waals surface area contributed by atoms with Crippen LogP contribution in [0.2, 0.25) is 0 Å². The molecule has 0 aliphatic heterocycles. The Hall–Kier alpha value is -0.0800. The summed E-state index contributed by atoms with van der Waals surface area (Å²) in [5, 5.41) is 9.21. The summed E-state index contributed by atoms with van der Waals surface area (Å²) in [4.78, 5) is 0. The van der Waals surface area contributed by atoms with Crippen molar-refractivity contribution in [3.05, 3.63) is 0 Å². The Morgan fingerprint density at radius 3 is 1.74 bits per heavy atom. The Kier molecular flexibility index (Phi) is 14.3. The Labute approximate surface area is 120 Å². The molecule has 2 nitrogen and oxygen atoms in total. The summed E-state index contributed by atoms with van der Waals surface area (Å²) in [5.41, 5.74) is 0. The summed E-state index contributed by atoms with van der Waals surface area (Å²) >= 11 is 0. The van der Waals surface area contributed by atoms with Crippen LogP contribution in [-0.4, -0.2) is 18.0 Å². The van der Waals surface area contributed by atoms with E-state index in [4.69, 9.17) is 4.74 Å². The lowest BCUT2D eigenvalue weighted by Gasteiger charge is -2.09. The Morgan fingerprint density at radius 2 is 1.26 bits per heavy atom. The van der Waals surface area contributed by atoms with Gasteiger partial charge in [0.2, 0.25) is 0 Å². The van der Waals surface area contributed by atoms with Crippen LogP contribution in [0.1, 0.15) is 91.4 Å². The van der Waals surface area contributed by atoms with Crippen LogP contribution in [0.3, 0.4) is 0 Å². The van der Waals surface area contributed by atoms with Crippen LogP contribution in [0.4, 0.5) is 0 Å². The van der Waals surface area contributed by atoms with Crippen molar-refractivity contribution in [2.75, 3.05) is 6.61 Å². The lowest BCUT2D eigenvalue weighted by atomic mass is 10.0. The van der Waals surface area contributed by atoms with E-state index in [1.165, 1.54) is 57.8 Å². The van der Waals surface area contributed by atoms with E-state index in [-0.39, 0.29) is 0 Å². The zero-order valence-electron chi connectivity index (χ0n) is 13.5. The van der Waals surface area contributed by atoms with Crippen LogP contribution in [0.25, 0.3) is 0 Å². The molecule has 0 aliphatic carbocycles. The van der Waals surface area contributed by atoms with Gasteiger partial charge in [-0.05, 0) is 18.8 Å². The van der Waals surface area contributed by atoms with Crippen molar-refractivity contribution in [1.29, 1.82) is 0 Å². The van der Waals surface area contributed by atoms with Gasteiger partial charge in [-0.3, -0.25) is 0 Å². The largest absolute Gasteiger partial charge is 0.368 e. The zero-order valence-corrected chi connectivity index (χ0v) is 13.5. The van der Waals surface area contributed by atoms with Crippen molar-refractivity contribution >= 4 is 0 Å². The summed E-state index contributed by atoms with van der Waals surface area (Å²) in [6, 6.07) is 0. The summed E-state index contributed by atoms with van der Waals surface area (Å²) < 4.78 is 5.24. The van der Waals surface area contributed by atoms with E-state index < -0.39 is 6.29 Å². The van der Waals surface area contributed by atoms with Gasteiger partial charge in [-0.25, -0.2) is 0 Å². The van der Waals surface area contributed by atoms with E-state index in [1.54, 1.807) is 0 Å². The van der Waals surface area contributed by atoms with Gasteiger partial charge in [0, 0.05) is 6.61 Å². The number of aliphatic hydroxyl groups is 1. The maximum Gasteiger partial charge on any atom is 0.154 e. The van der Waals surface area contributed by atoms with Crippen LogP contribution >= 0.6 is 0 Å². The smallest absolute Gasteiger partial charge is 0.154 e. The van der Waals surface area contributed by atoms with Gasteiger partial charge in [-0.15, -0.1) is 0 Å². The first kappa shape index (κ1) is 18.9. The van der Waals surface area contributed by atoms with Crippen molar-refractivity contribution < 1.29 is 9.84 Å². The average Bonchev–Trinajstić information content (AvgIpc) is 2.39. The maximum atomic E-state index is 9.21. The highest BCUT2D eigenvalue weighted by atomic mass is 16.6. The number of hydrogen-bond donors (Lipinski definition) is 1. The van der Waals surface area contributed by atoms with Crippen LogP contribution < -0.4 is 0 Å². The minimum Gasteiger partial charge on any atom is -0.368 e. The van der Waals surface area contributed by atoms with Crippen molar-refractivity contribution in [3.8, 4) is 0 Å². The lowest BCUT2D eigenvalue weighted by molar-refractivity contribution is -0.101. The Bertz CT molecular complexity index is 169. The van der Waals surface area contributed by atoms with E-state index in [1.807, 2.05) is 6.92 Å². The molecule has 0 bridgehead atoms. The zero-order chi connectivity index (χ0) is 14.3. The van der Waals surface area contributed by atoms with Gasteiger partial charge in [0.05, 0.1) is 0 Å². The van der Waals surface area contributed by atoms with Crippen molar-refractivity contribution in [1.82, 2.24) is 0 Å². The minimum atomic E-state index is -0.550. The number of ether oxygens (including phenoxy) is 1. The highest BCUT2D eigenvalue weighted by molar-refractivity contribution is 4.50. The van der Waals surface area contributed by atoms with Gasteiger partial charge in [0.15, 0.2) is 6.29 Å². The molecule has 0 radical (unpaired) electrons. The average molecular weight is 272 g/mol. The first-order valence-electron chi connectivity index (χ1n) is 8.46. The molecule has 0 saturated carbocycles. The van der Waals surface area contributed by atoms with Crippen molar-refractivity contribution in [2.45, 2.75) is 97.7 Å². The lowest BCUT2D eigenvalue weighted by Crippen LogP contribution is -2.10. The molecule has 0 amide bonds. The fourth-order valence-electron chi connectivity index (χ4n) is 2.23. The predicted octanol–water partition coefficient (Wildman–Crippen LogP) is 5.29. The molecule has 1 unspecified atom stereocenters. The van der Waals surface area contributed by atoms with Gasteiger partial charge >= 0.3 is 0 Å². The fourth-order valence-corrected chi connectivity index (χ4v) is 2.23. The van der Waals surface area contributed by atoms with E-state index in [0.717, 1.165) is 12.3 Å². The third-order valence-corrected chi connectivity index (χ3v) is 3.59. The minimum absolute atomic E-state index is 0.550. The summed E-state index contributed by atoms with van der Waals surface area (Å²) in [6.07, 6.45) is 13.6. The van der Waals surface area contributed by atoms with E-state index >= 15 is 0 Å². The molecule has 1 atom stereocenters. The van der Waals surface area contributed by atoms with E-state index in [2.05, 4.69) is 13.8 Å². The van der Waals surface area contributed by atoms with Crippen LogP contribution in [0.5, 0.6) is 0 Å². The van der Waals surface area contributed by atoms with Gasteiger partial charge < -0.3 is 9.84 Å². The third kappa shape index (κ3) is 15.9. The Balaban J connectivity index is 2.99. The highest BCUT2D eigenvalue weighted by Crippen LogP contribution is 2.13. The standard InChI is InChI=1S/C17H36O2/c1-4-17(18)19-15-13-11-9-7-5-6-8-10-12-14-16(2)3/h16-18H,4-15H2,1-3H3. The number of unbranched alkanes of at least 4 members (excludes halogenated alkanes) is 8. The molecule has 116 valence electrons. The molecule has 0 spiro atoms. The molecule has 19 heavy (non-hydrogen) atoms. The number of hydrogen-bond acceptors (Lipinski definition) is 2. The molecule has 0 aliphatic rings. The number of aliphatic hydroxyl groups excluding tert-OH is 1. The van der Waals surface area contributed by atoms with Gasteiger partial charge in [0.25, 0.3) is 0 Å². The molecule has 0 rings (SSSR count). The van der Waals surface area contributed by atoms with E-state index in [9.17, 15) is 5.11 Å². The van der Waals surface area contributed by atoms with Crippen molar-refractivity contribution in [3.63, 3.8) is 0 Å². The maximum absolute atomic E-state index is 9.21. The fraction of sp³-hybridized carbons (Fsp3) is 1.00.